The summed E-state index contributed by atoms with van der Waals surface area (Å²) in [5.74, 6) is 1.97. The number of likely N-dealkylation sites (N-methyl/N-ethyl adjacent to an activating group) is 1. The van der Waals surface area contributed by atoms with Crippen molar-refractivity contribution >= 4 is 16.9 Å². The van der Waals surface area contributed by atoms with E-state index >= 15 is 0 Å². The smallest absolute Gasteiger partial charge is 0.260 e. The number of para-hydroxylation sites is 2. The summed E-state index contributed by atoms with van der Waals surface area (Å²) in [5, 5.41) is 0. The highest BCUT2D eigenvalue weighted by atomic mass is 16.5. The molecule has 3 aromatic rings. The van der Waals surface area contributed by atoms with Crippen molar-refractivity contribution in [2.24, 2.45) is 0 Å². The lowest BCUT2D eigenvalue weighted by molar-refractivity contribution is -0.132. The van der Waals surface area contributed by atoms with Crippen LogP contribution in [0, 0.1) is 0 Å². The Hall–Kier alpha value is -2.82. The molecule has 0 aliphatic rings. The molecule has 0 unspecified atom stereocenters. The van der Waals surface area contributed by atoms with Crippen LogP contribution in [0.2, 0.25) is 0 Å². The molecule has 0 radical (unpaired) electrons. The highest BCUT2D eigenvalue weighted by Crippen LogP contribution is 2.20. The van der Waals surface area contributed by atoms with Crippen LogP contribution in [0.15, 0.2) is 48.5 Å². The Balaban J connectivity index is 1.65. The molecule has 0 spiro atoms. The van der Waals surface area contributed by atoms with E-state index in [1.54, 1.807) is 11.9 Å². The molecule has 0 saturated carbocycles. The van der Waals surface area contributed by atoms with Gasteiger partial charge in [-0.05, 0) is 42.7 Å². The third-order valence-electron chi connectivity index (χ3n) is 4.74. The van der Waals surface area contributed by atoms with Crippen molar-refractivity contribution in [2.45, 2.75) is 39.8 Å². The number of carbonyl (C=O) groups excluding carboxylic acids is 1. The summed E-state index contributed by atoms with van der Waals surface area (Å²) >= 11 is 0. The Bertz CT molecular complexity index is 930. The monoisotopic (exact) mass is 365 g/mol. The molecular formula is C22H27N3O2. The van der Waals surface area contributed by atoms with E-state index in [1.807, 2.05) is 36.4 Å². The fourth-order valence-corrected chi connectivity index (χ4v) is 3.12. The van der Waals surface area contributed by atoms with E-state index in [1.165, 1.54) is 5.56 Å². The second-order valence-corrected chi connectivity index (χ2v) is 7.03. The molecule has 5 heteroatoms. The van der Waals surface area contributed by atoms with Crippen molar-refractivity contribution in [3.63, 3.8) is 0 Å². The lowest BCUT2D eigenvalue weighted by Gasteiger charge is -2.18. The van der Waals surface area contributed by atoms with Crippen molar-refractivity contribution in [1.82, 2.24) is 14.5 Å². The van der Waals surface area contributed by atoms with Crippen LogP contribution >= 0.6 is 0 Å². The Morgan fingerprint density at radius 2 is 1.96 bits per heavy atom. The maximum Gasteiger partial charge on any atom is 0.260 e. The first-order chi connectivity index (χ1) is 13.0. The average molecular weight is 365 g/mol. The molecule has 0 bridgehead atoms. The number of aryl methyl sites for hydroxylation is 1. The third kappa shape index (κ3) is 4.30. The van der Waals surface area contributed by atoms with E-state index in [0.717, 1.165) is 29.2 Å². The van der Waals surface area contributed by atoms with Crippen LogP contribution in [0.5, 0.6) is 5.75 Å². The van der Waals surface area contributed by atoms with Crippen molar-refractivity contribution in [3.8, 4) is 5.75 Å². The third-order valence-corrected chi connectivity index (χ3v) is 4.74. The fourth-order valence-electron chi connectivity index (χ4n) is 3.12. The van der Waals surface area contributed by atoms with Gasteiger partial charge in [-0.2, -0.15) is 0 Å². The molecule has 0 N–H and O–H groups in total. The molecule has 5 nitrogen and oxygen atoms in total. The second-order valence-electron chi connectivity index (χ2n) is 7.03. The Kier molecular flexibility index (Phi) is 5.79. The molecule has 0 atom stereocenters. The molecule has 0 saturated heterocycles. The summed E-state index contributed by atoms with van der Waals surface area (Å²) in [7, 11) is 1.79. The van der Waals surface area contributed by atoms with E-state index in [4.69, 9.17) is 4.74 Å². The lowest BCUT2D eigenvalue weighted by atomic mass is 10.0. The standard InChI is InChI=1S/C22H27N3O2/c1-5-25-20-12-7-6-11-19(20)23-21(25)14-24(4)22(26)15-27-18-10-8-9-17(13-18)16(2)3/h6-13,16H,5,14-15H2,1-4H3. The zero-order chi connectivity index (χ0) is 19.4. The number of ether oxygens (including phenoxy) is 1. The number of benzene rings is 2. The topological polar surface area (TPSA) is 47.4 Å². The molecule has 1 heterocycles. The summed E-state index contributed by atoms with van der Waals surface area (Å²) < 4.78 is 7.86. The number of fused-ring (bicyclic) bond motifs is 1. The SMILES string of the molecule is CCn1c(CN(C)C(=O)COc2cccc(C(C)C)c2)nc2ccccc21. The predicted octanol–water partition coefficient (Wildman–Crippen LogP) is 4.22. The maximum atomic E-state index is 12.5. The van der Waals surface area contributed by atoms with Gasteiger partial charge in [0.2, 0.25) is 0 Å². The van der Waals surface area contributed by atoms with Gasteiger partial charge in [-0.15, -0.1) is 0 Å². The minimum Gasteiger partial charge on any atom is -0.484 e. The molecule has 0 fully saturated rings. The van der Waals surface area contributed by atoms with Gasteiger partial charge in [-0.3, -0.25) is 4.79 Å². The Labute approximate surface area is 160 Å². The van der Waals surface area contributed by atoms with Gasteiger partial charge in [-0.1, -0.05) is 38.1 Å². The van der Waals surface area contributed by atoms with Gasteiger partial charge in [0.1, 0.15) is 11.6 Å². The molecule has 0 aliphatic carbocycles. The summed E-state index contributed by atoms with van der Waals surface area (Å²) in [6.07, 6.45) is 0. The molecule has 1 amide bonds. The Morgan fingerprint density at radius 1 is 1.19 bits per heavy atom. The van der Waals surface area contributed by atoms with Crippen molar-refractivity contribution in [1.29, 1.82) is 0 Å². The van der Waals surface area contributed by atoms with Gasteiger partial charge < -0.3 is 14.2 Å². The number of nitrogens with zero attached hydrogens (tertiary/aromatic N) is 3. The van der Waals surface area contributed by atoms with Crippen LogP contribution in [-0.2, 0) is 17.9 Å². The first kappa shape index (κ1) is 19.0. The zero-order valence-electron chi connectivity index (χ0n) is 16.5. The first-order valence-corrected chi connectivity index (χ1v) is 9.40. The van der Waals surface area contributed by atoms with Crippen LogP contribution in [0.3, 0.4) is 0 Å². The highest BCUT2D eigenvalue weighted by Gasteiger charge is 2.15. The van der Waals surface area contributed by atoms with Gasteiger partial charge in [0, 0.05) is 13.6 Å². The maximum absolute atomic E-state index is 12.5. The highest BCUT2D eigenvalue weighted by molar-refractivity contribution is 5.78. The summed E-state index contributed by atoms with van der Waals surface area (Å²) in [6, 6.07) is 16.0. The first-order valence-electron chi connectivity index (χ1n) is 9.40. The lowest BCUT2D eigenvalue weighted by Crippen LogP contribution is -2.32. The van der Waals surface area contributed by atoms with Crippen LogP contribution in [0.25, 0.3) is 11.0 Å². The predicted molar refractivity (Wildman–Crippen MR) is 108 cm³/mol. The van der Waals surface area contributed by atoms with Gasteiger partial charge in [0.25, 0.3) is 5.91 Å². The molecule has 2 aromatic carbocycles. The largest absolute Gasteiger partial charge is 0.484 e. The molecule has 0 aliphatic heterocycles. The van der Waals surface area contributed by atoms with E-state index in [2.05, 4.69) is 42.5 Å². The van der Waals surface area contributed by atoms with Crippen molar-refractivity contribution < 1.29 is 9.53 Å². The van der Waals surface area contributed by atoms with Crippen molar-refractivity contribution in [2.75, 3.05) is 13.7 Å². The molecule has 27 heavy (non-hydrogen) atoms. The summed E-state index contributed by atoms with van der Waals surface area (Å²) in [6.45, 7) is 7.65. The zero-order valence-corrected chi connectivity index (χ0v) is 16.5. The number of imidazole rings is 1. The number of hydrogen-bond donors (Lipinski definition) is 0. The van der Waals surface area contributed by atoms with E-state index in [-0.39, 0.29) is 12.5 Å². The van der Waals surface area contributed by atoms with E-state index in [0.29, 0.717) is 12.5 Å². The second kappa shape index (κ2) is 8.25. The number of rotatable bonds is 7. The van der Waals surface area contributed by atoms with E-state index < -0.39 is 0 Å². The quantitative estimate of drug-likeness (QED) is 0.630. The van der Waals surface area contributed by atoms with E-state index in [9.17, 15) is 4.79 Å². The minimum atomic E-state index is -0.0698. The number of aromatic nitrogens is 2. The average Bonchev–Trinajstić information content (AvgIpc) is 3.03. The van der Waals surface area contributed by atoms with Crippen molar-refractivity contribution in [3.05, 3.63) is 59.9 Å². The van der Waals surface area contributed by atoms with Crippen LogP contribution in [-0.4, -0.2) is 34.0 Å². The minimum absolute atomic E-state index is 0.0183. The number of hydrogen-bond acceptors (Lipinski definition) is 3. The molecule has 142 valence electrons. The fraction of sp³-hybridized carbons (Fsp3) is 0.364. The molecule has 3 rings (SSSR count). The van der Waals surface area contributed by atoms with Gasteiger partial charge in [0.05, 0.1) is 17.6 Å². The number of carbonyl (C=O) groups is 1. The van der Waals surface area contributed by atoms with Gasteiger partial charge in [-0.25, -0.2) is 4.98 Å². The number of amides is 1. The summed E-state index contributed by atoms with van der Waals surface area (Å²) in [5.41, 5.74) is 3.25. The Morgan fingerprint density at radius 3 is 2.70 bits per heavy atom. The normalized spacial score (nSPS) is 11.1. The molecular weight excluding hydrogens is 338 g/mol. The summed E-state index contributed by atoms with van der Waals surface area (Å²) in [4.78, 5) is 18.9. The van der Waals surface area contributed by atoms with Crippen LogP contribution in [0.4, 0.5) is 0 Å². The van der Waals surface area contributed by atoms with Crippen LogP contribution < -0.4 is 4.74 Å². The molecule has 1 aromatic heterocycles. The van der Waals surface area contributed by atoms with Gasteiger partial charge in [0.15, 0.2) is 6.61 Å². The van der Waals surface area contributed by atoms with Gasteiger partial charge >= 0.3 is 0 Å². The van der Waals surface area contributed by atoms with Crippen LogP contribution in [0.1, 0.15) is 38.1 Å².